The zero-order valence-corrected chi connectivity index (χ0v) is 19.1. The molecule has 1 amide bonds. The van der Waals surface area contributed by atoms with Gasteiger partial charge in [-0.05, 0) is 33.3 Å². The predicted octanol–water partition coefficient (Wildman–Crippen LogP) is 5.09. The number of allylic oxidation sites excluding steroid dienone is 2. The SMILES string of the molecule is C/C=C(\C)CC.Cc1ncc(C(F)(F)F)c(-c2cc3c(s2)C(=O)N(C)CCS3=O)n1. The standard InChI is InChI=1S/C14H12F3N3O2S2.C6H12/c1-7-18-6-8(14(15,16)17)11(19-7)9-5-10-12(23-9)13(21)20(2)3-4-24(10)22;1-4-6(3)5-2/h5-6H,3-4H2,1-2H3;4H,5H2,1-3H3/b;6-4+. The second-order valence-electron chi connectivity index (χ2n) is 6.75. The van der Waals surface area contributed by atoms with Gasteiger partial charge in [-0.2, -0.15) is 13.2 Å². The van der Waals surface area contributed by atoms with E-state index < -0.39 is 22.5 Å². The topological polar surface area (TPSA) is 63.2 Å². The molecular weight excluding hydrogens is 435 g/mol. The molecular formula is C20H24F3N3O2S2. The van der Waals surface area contributed by atoms with E-state index in [2.05, 4.69) is 36.8 Å². The zero-order chi connectivity index (χ0) is 22.6. The van der Waals surface area contributed by atoms with Crippen molar-refractivity contribution in [3.8, 4) is 10.6 Å². The molecule has 3 heterocycles. The van der Waals surface area contributed by atoms with Gasteiger partial charge in [0, 0.05) is 25.5 Å². The van der Waals surface area contributed by atoms with E-state index in [1.54, 1.807) is 7.05 Å². The number of carbonyl (C=O) groups is 1. The van der Waals surface area contributed by atoms with Crippen LogP contribution in [0.1, 0.15) is 48.3 Å². The number of alkyl halides is 3. The Morgan fingerprint density at radius 3 is 2.60 bits per heavy atom. The Labute approximate surface area is 180 Å². The Kier molecular flexibility index (Phi) is 7.93. The van der Waals surface area contributed by atoms with Gasteiger partial charge in [-0.1, -0.05) is 18.6 Å². The smallest absolute Gasteiger partial charge is 0.340 e. The van der Waals surface area contributed by atoms with E-state index in [1.807, 2.05) is 0 Å². The van der Waals surface area contributed by atoms with Crippen molar-refractivity contribution in [3.63, 3.8) is 0 Å². The van der Waals surface area contributed by atoms with Crippen molar-refractivity contribution in [3.05, 3.63) is 40.2 Å². The molecule has 1 aliphatic heterocycles. The molecule has 0 aromatic carbocycles. The van der Waals surface area contributed by atoms with E-state index >= 15 is 0 Å². The molecule has 2 aromatic rings. The van der Waals surface area contributed by atoms with Gasteiger partial charge < -0.3 is 4.90 Å². The van der Waals surface area contributed by atoms with Gasteiger partial charge in [0.1, 0.15) is 16.3 Å². The minimum Gasteiger partial charge on any atom is -0.340 e. The summed E-state index contributed by atoms with van der Waals surface area (Å²) in [6.07, 6.45) is -0.561. The van der Waals surface area contributed by atoms with E-state index in [0.29, 0.717) is 6.54 Å². The number of hydrogen-bond acceptors (Lipinski definition) is 5. The third kappa shape index (κ3) is 5.54. The Balaban J connectivity index is 0.000000469. The number of aryl methyl sites for hydroxylation is 1. The highest BCUT2D eigenvalue weighted by molar-refractivity contribution is 7.85. The van der Waals surface area contributed by atoms with Crippen LogP contribution in [-0.4, -0.2) is 44.3 Å². The van der Waals surface area contributed by atoms with Gasteiger partial charge in [0.15, 0.2) is 0 Å². The summed E-state index contributed by atoms with van der Waals surface area (Å²) >= 11 is 0.882. The van der Waals surface area contributed by atoms with Crippen LogP contribution < -0.4 is 0 Å². The van der Waals surface area contributed by atoms with Gasteiger partial charge in [0.05, 0.1) is 26.3 Å². The lowest BCUT2D eigenvalue weighted by Gasteiger charge is -2.12. The van der Waals surface area contributed by atoms with Crippen molar-refractivity contribution in [2.24, 2.45) is 0 Å². The molecule has 0 fully saturated rings. The van der Waals surface area contributed by atoms with Crippen LogP contribution in [0.2, 0.25) is 0 Å². The van der Waals surface area contributed by atoms with E-state index in [1.165, 1.54) is 29.9 Å². The molecule has 1 unspecified atom stereocenters. The first kappa shape index (κ1) is 24.2. The van der Waals surface area contributed by atoms with Crippen LogP contribution >= 0.6 is 11.3 Å². The van der Waals surface area contributed by atoms with Crippen LogP contribution in [0, 0.1) is 6.92 Å². The molecule has 0 radical (unpaired) electrons. The van der Waals surface area contributed by atoms with Crippen LogP contribution in [0.3, 0.4) is 0 Å². The maximum Gasteiger partial charge on any atom is 0.420 e. The lowest BCUT2D eigenvalue weighted by atomic mass is 10.2. The average molecular weight is 460 g/mol. The maximum absolute atomic E-state index is 13.2. The summed E-state index contributed by atoms with van der Waals surface area (Å²) in [6, 6.07) is 1.38. The van der Waals surface area contributed by atoms with Crippen LogP contribution in [0.5, 0.6) is 0 Å². The van der Waals surface area contributed by atoms with Crippen LogP contribution in [0.4, 0.5) is 13.2 Å². The normalized spacial score (nSPS) is 17.2. The van der Waals surface area contributed by atoms with E-state index in [9.17, 15) is 22.2 Å². The molecule has 1 atom stereocenters. The van der Waals surface area contributed by atoms with Crippen molar-refractivity contribution in [2.45, 2.75) is 45.2 Å². The summed E-state index contributed by atoms with van der Waals surface area (Å²) in [6.45, 7) is 8.19. The molecule has 5 nitrogen and oxygen atoms in total. The van der Waals surface area contributed by atoms with Gasteiger partial charge in [-0.25, -0.2) is 9.97 Å². The van der Waals surface area contributed by atoms with Gasteiger partial charge in [0.2, 0.25) is 0 Å². The van der Waals surface area contributed by atoms with Crippen molar-refractivity contribution in [1.29, 1.82) is 0 Å². The monoisotopic (exact) mass is 459 g/mol. The third-order valence-corrected chi connectivity index (χ3v) is 7.22. The number of thiophene rings is 1. The van der Waals surface area contributed by atoms with E-state index in [4.69, 9.17) is 0 Å². The number of hydrogen-bond donors (Lipinski definition) is 0. The molecule has 0 saturated carbocycles. The summed E-state index contributed by atoms with van der Waals surface area (Å²) in [5.74, 6) is 0.0953. The number of halogens is 3. The largest absolute Gasteiger partial charge is 0.420 e. The van der Waals surface area contributed by atoms with E-state index in [0.717, 1.165) is 17.5 Å². The van der Waals surface area contributed by atoms with Gasteiger partial charge in [0.25, 0.3) is 5.91 Å². The second-order valence-corrected chi connectivity index (χ2v) is 9.34. The Hall–Kier alpha value is -2.07. The quantitative estimate of drug-likeness (QED) is 0.587. The van der Waals surface area contributed by atoms with Crippen molar-refractivity contribution in [2.75, 3.05) is 19.3 Å². The molecule has 2 aromatic heterocycles. The number of rotatable bonds is 2. The Morgan fingerprint density at radius 1 is 1.40 bits per heavy atom. The maximum atomic E-state index is 13.2. The molecule has 0 bridgehead atoms. The van der Waals surface area contributed by atoms with E-state index in [-0.39, 0.29) is 37.8 Å². The molecule has 0 saturated heterocycles. The Morgan fingerprint density at radius 2 is 2.07 bits per heavy atom. The molecule has 0 N–H and O–H groups in total. The summed E-state index contributed by atoms with van der Waals surface area (Å²) in [7, 11) is 0.137. The van der Waals surface area contributed by atoms with Gasteiger partial charge in [-0.3, -0.25) is 9.00 Å². The number of aromatic nitrogens is 2. The number of amides is 1. The number of fused-ring (bicyclic) bond motifs is 1. The summed E-state index contributed by atoms with van der Waals surface area (Å²) in [5, 5.41) is 0. The molecule has 0 aliphatic carbocycles. The average Bonchev–Trinajstić information content (AvgIpc) is 3.11. The van der Waals surface area contributed by atoms with Crippen LogP contribution in [-0.2, 0) is 17.0 Å². The Bertz CT molecular complexity index is 984. The molecule has 1 aliphatic rings. The number of nitrogens with zero attached hydrogens (tertiary/aromatic N) is 3. The summed E-state index contributed by atoms with van der Waals surface area (Å²) in [5.41, 5.74) is 0.201. The summed E-state index contributed by atoms with van der Waals surface area (Å²) < 4.78 is 51.9. The van der Waals surface area contributed by atoms with Crippen molar-refractivity contribution >= 4 is 28.0 Å². The third-order valence-electron chi connectivity index (χ3n) is 4.59. The predicted molar refractivity (Wildman–Crippen MR) is 113 cm³/mol. The molecule has 0 spiro atoms. The first-order valence-corrected chi connectivity index (χ1v) is 11.4. The highest BCUT2D eigenvalue weighted by Crippen LogP contribution is 2.40. The molecule has 10 heteroatoms. The second kappa shape index (κ2) is 9.82. The van der Waals surface area contributed by atoms with Crippen molar-refractivity contribution < 1.29 is 22.2 Å². The summed E-state index contributed by atoms with van der Waals surface area (Å²) in [4.78, 5) is 21.9. The molecule has 164 valence electrons. The van der Waals surface area contributed by atoms with Gasteiger partial charge >= 0.3 is 6.18 Å². The highest BCUT2D eigenvalue weighted by Gasteiger charge is 2.37. The minimum absolute atomic E-state index is 0.162. The van der Waals surface area contributed by atoms with Crippen LogP contribution in [0.15, 0.2) is 28.8 Å². The minimum atomic E-state index is -4.62. The number of carbonyl (C=O) groups excluding carboxylic acids is 1. The fraction of sp³-hybridized carbons (Fsp3) is 0.450. The fourth-order valence-corrected chi connectivity index (χ4v) is 5.22. The van der Waals surface area contributed by atoms with Crippen LogP contribution in [0.25, 0.3) is 10.6 Å². The zero-order valence-electron chi connectivity index (χ0n) is 17.5. The first-order valence-electron chi connectivity index (χ1n) is 9.30. The lowest BCUT2D eigenvalue weighted by Crippen LogP contribution is -2.27. The fourth-order valence-electron chi connectivity index (χ4n) is 2.48. The van der Waals surface area contributed by atoms with Gasteiger partial charge in [-0.15, -0.1) is 11.3 Å². The molecule has 3 rings (SSSR count). The first-order chi connectivity index (χ1) is 14.0. The lowest BCUT2D eigenvalue weighted by molar-refractivity contribution is -0.137. The highest BCUT2D eigenvalue weighted by atomic mass is 32.2. The molecule has 30 heavy (non-hydrogen) atoms. The van der Waals surface area contributed by atoms with Crippen molar-refractivity contribution in [1.82, 2.24) is 14.9 Å².